The smallest absolute Gasteiger partial charge is 0.388 e. The van der Waals surface area contributed by atoms with E-state index in [1.165, 1.54) is 0 Å². The standard InChI is InChI=1S/C10H14N2O11P2/c13-6-1-2-12(9(15)11-6)8-7(14)5-3-10(5,22-8)4-21-25(19,20)23-24(16,17)18/h1-2,5,7-8,14H,3-4H2,(H,19,20)(H,11,13,15)(H2,16,17,18)/t5-,7+,8+,10+/m0/s1. The summed E-state index contributed by atoms with van der Waals surface area (Å²) in [6, 6.07) is 1.06. The van der Waals surface area contributed by atoms with E-state index >= 15 is 0 Å². The normalized spacial score (nSPS) is 33.7. The number of hydrogen-bond acceptors (Lipinski definition) is 8. The molecule has 1 aliphatic heterocycles. The number of hydrogen-bond donors (Lipinski definition) is 5. The number of H-pyrrole nitrogens is 1. The van der Waals surface area contributed by atoms with E-state index in [2.05, 4.69) is 8.83 Å². The summed E-state index contributed by atoms with van der Waals surface area (Å²) in [4.78, 5) is 51.2. The van der Waals surface area contributed by atoms with Gasteiger partial charge < -0.3 is 24.5 Å². The molecule has 1 saturated carbocycles. The quantitative estimate of drug-likeness (QED) is 0.345. The second kappa shape index (κ2) is 5.95. The van der Waals surface area contributed by atoms with Crippen molar-refractivity contribution in [3.63, 3.8) is 0 Å². The highest BCUT2D eigenvalue weighted by molar-refractivity contribution is 7.60. The zero-order chi connectivity index (χ0) is 18.6. The van der Waals surface area contributed by atoms with Gasteiger partial charge in [-0.2, -0.15) is 4.31 Å². The molecule has 0 bridgehead atoms. The van der Waals surface area contributed by atoms with Gasteiger partial charge in [0, 0.05) is 18.2 Å². The van der Waals surface area contributed by atoms with Crippen LogP contribution < -0.4 is 11.2 Å². The maximum absolute atomic E-state index is 11.8. The van der Waals surface area contributed by atoms with Crippen molar-refractivity contribution in [1.29, 1.82) is 0 Å². The number of phosphoric ester groups is 1. The van der Waals surface area contributed by atoms with Crippen molar-refractivity contribution in [2.24, 2.45) is 5.92 Å². The molecule has 5 N–H and O–H groups in total. The molecule has 0 spiro atoms. The van der Waals surface area contributed by atoms with Crippen LogP contribution in [0.3, 0.4) is 0 Å². The van der Waals surface area contributed by atoms with Gasteiger partial charge in [0.2, 0.25) is 0 Å². The van der Waals surface area contributed by atoms with Crippen molar-refractivity contribution in [2.75, 3.05) is 6.61 Å². The first-order chi connectivity index (χ1) is 11.4. The summed E-state index contributed by atoms with van der Waals surface area (Å²) in [6.45, 7) is -0.600. The average molecular weight is 400 g/mol. The monoisotopic (exact) mass is 400 g/mol. The largest absolute Gasteiger partial charge is 0.481 e. The molecule has 140 valence electrons. The average Bonchev–Trinajstić information content (AvgIpc) is 3.09. The Morgan fingerprint density at radius 3 is 2.64 bits per heavy atom. The van der Waals surface area contributed by atoms with Crippen molar-refractivity contribution >= 4 is 15.6 Å². The topological polar surface area (TPSA) is 198 Å². The van der Waals surface area contributed by atoms with Crippen molar-refractivity contribution in [1.82, 2.24) is 9.55 Å². The number of aromatic amines is 1. The fourth-order valence-electron chi connectivity index (χ4n) is 2.79. The van der Waals surface area contributed by atoms with Crippen molar-refractivity contribution in [3.05, 3.63) is 33.1 Å². The molecule has 2 aliphatic rings. The van der Waals surface area contributed by atoms with Gasteiger partial charge in [-0.3, -0.25) is 18.9 Å². The highest BCUT2D eigenvalue weighted by Crippen LogP contribution is 2.63. The summed E-state index contributed by atoms with van der Waals surface area (Å²) in [6.07, 6.45) is -0.957. The van der Waals surface area contributed by atoms with Gasteiger partial charge >= 0.3 is 21.3 Å². The molecule has 1 unspecified atom stereocenters. The third-order valence-electron chi connectivity index (χ3n) is 3.95. The number of ether oxygens (including phenoxy) is 1. The van der Waals surface area contributed by atoms with Gasteiger partial charge in [0.25, 0.3) is 5.56 Å². The Bertz CT molecular complexity index is 889. The van der Waals surface area contributed by atoms with Crippen LogP contribution in [-0.4, -0.2) is 47.6 Å². The van der Waals surface area contributed by atoms with E-state index < -0.39 is 57.4 Å². The zero-order valence-electron chi connectivity index (χ0n) is 12.3. The summed E-state index contributed by atoms with van der Waals surface area (Å²) in [5.41, 5.74) is -2.66. The fourth-order valence-corrected chi connectivity index (χ4v) is 4.43. The lowest BCUT2D eigenvalue weighted by atomic mass is 10.2. The second-order valence-electron chi connectivity index (χ2n) is 5.71. The van der Waals surface area contributed by atoms with Crippen LogP contribution in [-0.2, 0) is 22.7 Å². The highest BCUT2D eigenvalue weighted by atomic mass is 31.3. The lowest BCUT2D eigenvalue weighted by Crippen LogP contribution is -2.36. The molecule has 1 aromatic rings. The summed E-state index contributed by atoms with van der Waals surface area (Å²) in [5, 5.41) is 10.2. The molecule has 13 nitrogen and oxygen atoms in total. The highest BCUT2D eigenvalue weighted by Gasteiger charge is 2.68. The maximum atomic E-state index is 11.8. The van der Waals surface area contributed by atoms with Gasteiger partial charge in [0.15, 0.2) is 6.23 Å². The summed E-state index contributed by atoms with van der Waals surface area (Å²) in [7, 11) is -10.3. The lowest BCUT2D eigenvalue weighted by Gasteiger charge is -2.22. The number of phosphoric acid groups is 2. The van der Waals surface area contributed by atoms with E-state index in [4.69, 9.17) is 14.5 Å². The number of nitrogens with one attached hydrogen (secondary N) is 1. The van der Waals surface area contributed by atoms with E-state index in [9.17, 15) is 28.7 Å². The molecule has 1 aromatic heterocycles. The Labute approximate surface area is 138 Å². The molecule has 2 heterocycles. The van der Waals surface area contributed by atoms with Crippen LogP contribution in [0.1, 0.15) is 12.6 Å². The third-order valence-corrected chi connectivity index (χ3v) is 6.08. The van der Waals surface area contributed by atoms with Crippen LogP contribution in [0, 0.1) is 5.92 Å². The number of fused-ring (bicyclic) bond motifs is 1. The van der Waals surface area contributed by atoms with E-state index in [1.54, 1.807) is 0 Å². The molecule has 15 heteroatoms. The van der Waals surface area contributed by atoms with Gasteiger partial charge in [-0.1, -0.05) is 0 Å². The number of rotatable bonds is 6. The fraction of sp³-hybridized carbons (Fsp3) is 0.600. The molecule has 0 radical (unpaired) electrons. The van der Waals surface area contributed by atoms with Crippen LogP contribution in [0.5, 0.6) is 0 Å². The molecule has 3 rings (SSSR count). The molecular weight excluding hydrogens is 386 g/mol. The van der Waals surface area contributed by atoms with Crippen LogP contribution in [0.2, 0.25) is 0 Å². The van der Waals surface area contributed by atoms with E-state index in [1.807, 2.05) is 4.98 Å². The Morgan fingerprint density at radius 1 is 1.36 bits per heavy atom. The van der Waals surface area contributed by atoms with Gasteiger partial charge in [0.05, 0.1) is 6.61 Å². The second-order valence-corrected chi connectivity index (χ2v) is 8.54. The van der Waals surface area contributed by atoms with Gasteiger partial charge in [-0.25, -0.2) is 13.9 Å². The number of aromatic nitrogens is 2. The molecule has 1 saturated heterocycles. The van der Waals surface area contributed by atoms with Gasteiger partial charge in [0.1, 0.15) is 11.7 Å². The number of nitrogens with zero attached hydrogens (tertiary/aromatic N) is 1. The minimum absolute atomic E-state index is 0.235. The summed E-state index contributed by atoms with van der Waals surface area (Å²) >= 11 is 0. The summed E-state index contributed by atoms with van der Waals surface area (Å²) in [5.74, 6) is -0.536. The van der Waals surface area contributed by atoms with Crippen LogP contribution in [0.15, 0.2) is 21.9 Å². The molecule has 0 aromatic carbocycles. The molecule has 0 amide bonds. The van der Waals surface area contributed by atoms with E-state index in [-0.39, 0.29) is 6.42 Å². The van der Waals surface area contributed by atoms with Crippen LogP contribution in [0.4, 0.5) is 0 Å². The minimum atomic E-state index is -5.25. The maximum Gasteiger partial charge on any atom is 0.481 e. The SMILES string of the molecule is O=c1ccn([C@@H]2O[C@@]3(COP(=O)(O)OP(=O)(O)O)C[C@H]3[C@H]2O)c(=O)[nH]1. The Hall–Kier alpha value is -1.14. The summed E-state index contributed by atoms with van der Waals surface area (Å²) < 4.78 is 36.8. The van der Waals surface area contributed by atoms with Crippen LogP contribution >= 0.6 is 15.6 Å². The first-order valence-corrected chi connectivity index (χ1v) is 9.87. The lowest BCUT2D eigenvalue weighted by molar-refractivity contribution is -0.0917. The predicted octanol–water partition coefficient (Wildman–Crippen LogP) is -1.59. The van der Waals surface area contributed by atoms with Crippen molar-refractivity contribution in [2.45, 2.75) is 24.4 Å². The van der Waals surface area contributed by atoms with Gasteiger partial charge in [-0.15, -0.1) is 0 Å². The van der Waals surface area contributed by atoms with Crippen molar-refractivity contribution in [3.8, 4) is 0 Å². The first-order valence-electron chi connectivity index (χ1n) is 6.84. The van der Waals surface area contributed by atoms with Crippen LogP contribution in [0.25, 0.3) is 0 Å². The van der Waals surface area contributed by atoms with E-state index in [0.29, 0.717) is 0 Å². The number of aliphatic hydroxyl groups is 1. The first kappa shape index (κ1) is 18.6. The third kappa shape index (κ3) is 3.85. The molecule has 2 fully saturated rings. The Kier molecular flexibility index (Phi) is 4.44. The molecule has 1 aliphatic carbocycles. The Morgan fingerprint density at radius 2 is 2.04 bits per heavy atom. The molecule has 25 heavy (non-hydrogen) atoms. The molecular formula is C10H14N2O11P2. The predicted molar refractivity (Wildman–Crippen MR) is 77.2 cm³/mol. The minimum Gasteiger partial charge on any atom is -0.388 e. The van der Waals surface area contributed by atoms with Gasteiger partial charge in [-0.05, 0) is 6.42 Å². The zero-order valence-corrected chi connectivity index (χ0v) is 14.1. The van der Waals surface area contributed by atoms with Crippen molar-refractivity contribution < 1.29 is 42.5 Å². The Balaban J connectivity index is 1.71. The molecule has 5 atom stereocenters. The van der Waals surface area contributed by atoms with E-state index in [0.717, 1.165) is 16.8 Å². The number of aliphatic hydroxyl groups excluding tert-OH is 1.